The van der Waals surface area contributed by atoms with Gasteiger partial charge in [-0.3, -0.25) is 0 Å². The van der Waals surface area contributed by atoms with Crippen molar-refractivity contribution in [2.45, 2.75) is 39.2 Å². The molecule has 2 rings (SSSR count). The van der Waals surface area contributed by atoms with E-state index in [0.717, 1.165) is 17.4 Å². The summed E-state index contributed by atoms with van der Waals surface area (Å²) in [4.78, 5) is 0. The van der Waals surface area contributed by atoms with Crippen molar-refractivity contribution in [2.75, 3.05) is 6.54 Å². The third kappa shape index (κ3) is 0.672. The monoisotopic (exact) mass is 139 g/mol. The zero-order valence-electron chi connectivity index (χ0n) is 6.98. The first-order valence-electron chi connectivity index (χ1n) is 4.48. The molecule has 0 amide bonds. The Morgan fingerprint density at radius 1 is 1.40 bits per heavy atom. The lowest BCUT2D eigenvalue weighted by atomic mass is 9.57. The molecule has 1 heteroatoms. The van der Waals surface area contributed by atoms with E-state index in [1.807, 2.05) is 0 Å². The first kappa shape index (κ1) is 6.66. The summed E-state index contributed by atoms with van der Waals surface area (Å²) in [6.45, 7) is 5.96. The van der Waals surface area contributed by atoms with E-state index in [0.29, 0.717) is 0 Å². The van der Waals surface area contributed by atoms with Crippen molar-refractivity contribution in [1.29, 1.82) is 0 Å². The molecule has 0 bridgehead atoms. The van der Waals surface area contributed by atoms with Gasteiger partial charge >= 0.3 is 0 Å². The maximum absolute atomic E-state index is 3.54. The van der Waals surface area contributed by atoms with Gasteiger partial charge in [-0.1, -0.05) is 20.3 Å². The van der Waals surface area contributed by atoms with Crippen LogP contribution in [0.25, 0.3) is 0 Å². The molecule has 1 atom stereocenters. The molecule has 1 aliphatic carbocycles. The maximum Gasteiger partial charge on any atom is 0.0159 e. The maximum atomic E-state index is 3.54. The number of nitrogens with one attached hydrogen (secondary N) is 1. The zero-order valence-corrected chi connectivity index (χ0v) is 6.98. The molecule has 0 unspecified atom stereocenters. The Bertz CT molecular complexity index is 130. The second-order valence-corrected chi connectivity index (χ2v) is 4.32. The first-order valence-corrected chi connectivity index (χ1v) is 4.48. The summed E-state index contributed by atoms with van der Waals surface area (Å²) in [6, 6.07) is 0.848. The van der Waals surface area contributed by atoms with Crippen LogP contribution in [0.15, 0.2) is 0 Å². The standard InChI is InChI=1S/C9H17N/c1-7(2)8-9(6-10-8)4-3-5-9/h7-8,10H,3-6H2,1-2H3/t8-/m0/s1. The van der Waals surface area contributed by atoms with E-state index in [2.05, 4.69) is 19.2 Å². The molecule has 1 nitrogen and oxygen atoms in total. The Hall–Kier alpha value is -0.0400. The molecule has 2 fully saturated rings. The van der Waals surface area contributed by atoms with Gasteiger partial charge in [0.15, 0.2) is 0 Å². The topological polar surface area (TPSA) is 12.0 Å². The summed E-state index contributed by atoms with van der Waals surface area (Å²) < 4.78 is 0. The predicted octanol–water partition coefficient (Wildman–Crippen LogP) is 1.78. The summed E-state index contributed by atoms with van der Waals surface area (Å²) >= 11 is 0. The fourth-order valence-electron chi connectivity index (χ4n) is 2.57. The Kier molecular flexibility index (Phi) is 1.31. The third-order valence-corrected chi connectivity index (χ3v) is 3.35. The van der Waals surface area contributed by atoms with Crippen LogP contribution in [0.2, 0.25) is 0 Å². The molecule has 58 valence electrons. The minimum atomic E-state index is 0.772. The van der Waals surface area contributed by atoms with E-state index in [4.69, 9.17) is 0 Å². The second-order valence-electron chi connectivity index (χ2n) is 4.32. The second kappa shape index (κ2) is 1.97. The first-order chi connectivity index (χ1) is 4.75. The van der Waals surface area contributed by atoms with Gasteiger partial charge in [0.25, 0.3) is 0 Å². The predicted molar refractivity (Wildman–Crippen MR) is 42.9 cm³/mol. The van der Waals surface area contributed by atoms with Crippen molar-refractivity contribution in [1.82, 2.24) is 5.32 Å². The smallest absolute Gasteiger partial charge is 0.0159 e. The number of hydrogen-bond donors (Lipinski definition) is 1. The Morgan fingerprint density at radius 3 is 2.20 bits per heavy atom. The van der Waals surface area contributed by atoms with Crippen LogP contribution in [0.3, 0.4) is 0 Å². The molecule has 10 heavy (non-hydrogen) atoms. The van der Waals surface area contributed by atoms with E-state index in [9.17, 15) is 0 Å². The lowest BCUT2D eigenvalue weighted by Crippen LogP contribution is -2.67. The molecule has 1 heterocycles. The Labute approximate surface area is 63.2 Å². The van der Waals surface area contributed by atoms with E-state index in [1.54, 1.807) is 0 Å². The van der Waals surface area contributed by atoms with Crippen molar-refractivity contribution >= 4 is 0 Å². The van der Waals surface area contributed by atoms with Gasteiger partial charge in [-0.2, -0.15) is 0 Å². The van der Waals surface area contributed by atoms with Gasteiger partial charge in [-0.05, 0) is 24.2 Å². The molecule has 0 aromatic heterocycles. The summed E-state index contributed by atoms with van der Waals surface area (Å²) in [6.07, 6.45) is 4.45. The molecule has 0 radical (unpaired) electrons. The van der Waals surface area contributed by atoms with Crippen LogP contribution in [-0.2, 0) is 0 Å². The van der Waals surface area contributed by atoms with Crippen molar-refractivity contribution < 1.29 is 0 Å². The Balaban J connectivity index is 1.99. The van der Waals surface area contributed by atoms with E-state index in [-0.39, 0.29) is 0 Å². The minimum absolute atomic E-state index is 0.772. The largest absolute Gasteiger partial charge is 0.313 e. The van der Waals surface area contributed by atoms with Crippen LogP contribution < -0.4 is 5.32 Å². The SMILES string of the molecule is CC(C)[C@@H]1NCC12CCC2. The Morgan fingerprint density at radius 2 is 2.10 bits per heavy atom. The highest BCUT2D eigenvalue weighted by atomic mass is 15.1. The average Bonchev–Trinajstić information content (AvgIpc) is 1.53. The molecule has 1 saturated carbocycles. The van der Waals surface area contributed by atoms with Crippen molar-refractivity contribution in [3.05, 3.63) is 0 Å². The zero-order chi connectivity index (χ0) is 7.19. The lowest BCUT2D eigenvalue weighted by Gasteiger charge is -2.58. The number of rotatable bonds is 1. The molecule has 1 saturated heterocycles. The van der Waals surface area contributed by atoms with E-state index in [1.165, 1.54) is 25.8 Å². The molecule has 1 aliphatic heterocycles. The minimum Gasteiger partial charge on any atom is -0.313 e. The number of hydrogen-bond acceptors (Lipinski definition) is 1. The molecule has 0 aromatic carbocycles. The van der Waals surface area contributed by atoms with Gasteiger partial charge in [-0.25, -0.2) is 0 Å². The fraction of sp³-hybridized carbons (Fsp3) is 1.00. The van der Waals surface area contributed by atoms with Crippen molar-refractivity contribution in [2.24, 2.45) is 11.3 Å². The molecule has 2 aliphatic rings. The summed E-state index contributed by atoms with van der Waals surface area (Å²) in [5.41, 5.74) is 0.772. The molecular weight excluding hydrogens is 122 g/mol. The van der Waals surface area contributed by atoms with E-state index >= 15 is 0 Å². The van der Waals surface area contributed by atoms with Crippen molar-refractivity contribution in [3.8, 4) is 0 Å². The van der Waals surface area contributed by atoms with E-state index < -0.39 is 0 Å². The fourth-order valence-corrected chi connectivity index (χ4v) is 2.57. The van der Waals surface area contributed by atoms with Crippen LogP contribution in [0.5, 0.6) is 0 Å². The summed E-state index contributed by atoms with van der Waals surface area (Å²) in [5, 5.41) is 3.54. The lowest BCUT2D eigenvalue weighted by molar-refractivity contribution is -0.0267. The van der Waals surface area contributed by atoms with Gasteiger partial charge in [0.2, 0.25) is 0 Å². The highest BCUT2D eigenvalue weighted by Crippen LogP contribution is 2.50. The summed E-state index contributed by atoms with van der Waals surface area (Å²) in [5.74, 6) is 0.842. The normalized spacial score (nSPS) is 35.7. The van der Waals surface area contributed by atoms with Crippen LogP contribution in [0.1, 0.15) is 33.1 Å². The highest BCUT2D eigenvalue weighted by molar-refractivity contribution is 5.07. The van der Waals surface area contributed by atoms with Crippen LogP contribution in [-0.4, -0.2) is 12.6 Å². The summed E-state index contributed by atoms with van der Waals surface area (Å²) in [7, 11) is 0. The molecule has 1 N–H and O–H groups in total. The van der Waals surface area contributed by atoms with Gasteiger partial charge in [0.1, 0.15) is 0 Å². The molecule has 0 aromatic rings. The van der Waals surface area contributed by atoms with Gasteiger partial charge in [0, 0.05) is 12.6 Å². The van der Waals surface area contributed by atoms with Crippen LogP contribution in [0, 0.1) is 11.3 Å². The third-order valence-electron chi connectivity index (χ3n) is 3.35. The van der Waals surface area contributed by atoms with Gasteiger partial charge < -0.3 is 5.32 Å². The van der Waals surface area contributed by atoms with Crippen LogP contribution in [0.4, 0.5) is 0 Å². The highest BCUT2D eigenvalue weighted by Gasteiger charge is 2.51. The van der Waals surface area contributed by atoms with Gasteiger partial charge in [0.05, 0.1) is 0 Å². The van der Waals surface area contributed by atoms with Crippen LogP contribution >= 0.6 is 0 Å². The van der Waals surface area contributed by atoms with Gasteiger partial charge in [-0.15, -0.1) is 0 Å². The van der Waals surface area contributed by atoms with Crippen molar-refractivity contribution in [3.63, 3.8) is 0 Å². The molecule has 1 spiro atoms. The quantitative estimate of drug-likeness (QED) is 0.584. The molecular formula is C9H17N. The average molecular weight is 139 g/mol.